The smallest absolute Gasteiger partial charge is 0.229 e. The number of piperidine rings is 1. The molecule has 3 heterocycles. The fourth-order valence-electron chi connectivity index (χ4n) is 5.40. The van der Waals surface area contributed by atoms with Gasteiger partial charge in [0, 0.05) is 56.3 Å². The van der Waals surface area contributed by atoms with Gasteiger partial charge in [-0.1, -0.05) is 12.1 Å². The normalized spacial score (nSPS) is 17.8. The van der Waals surface area contributed by atoms with E-state index in [0.29, 0.717) is 28.4 Å². The van der Waals surface area contributed by atoms with Crippen molar-refractivity contribution in [2.75, 3.05) is 80.9 Å². The number of piperazine rings is 1. The summed E-state index contributed by atoms with van der Waals surface area (Å²) in [5.74, 6) is -0.374. The Labute approximate surface area is 230 Å². The van der Waals surface area contributed by atoms with Gasteiger partial charge in [-0.25, -0.2) is 9.37 Å². The molecular weight excluding hydrogens is 514 g/mol. The van der Waals surface area contributed by atoms with Gasteiger partial charge in [0.25, 0.3) is 0 Å². The Kier molecular flexibility index (Phi) is 8.07. The Morgan fingerprint density at radius 3 is 2.41 bits per heavy atom. The molecule has 2 aliphatic rings. The minimum atomic E-state index is -2.58. The Balaban J connectivity index is 1.24. The van der Waals surface area contributed by atoms with Gasteiger partial charge in [-0.2, -0.15) is 4.98 Å². The maximum atomic E-state index is 14.6. The van der Waals surface area contributed by atoms with E-state index in [4.69, 9.17) is 5.73 Å². The third-order valence-corrected chi connectivity index (χ3v) is 9.17. The molecule has 1 aromatic heterocycles. The fourth-order valence-corrected chi connectivity index (χ4v) is 6.56. The largest absolute Gasteiger partial charge is 0.397 e. The second kappa shape index (κ2) is 11.5. The van der Waals surface area contributed by atoms with Crippen LogP contribution in [0.15, 0.2) is 48.7 Å². The van der Waals surface area contributed by atoms with E-state index in [2.05, 4.69) is 42.3 Å². The van der Waals surface area contributed by atoms with E-state index in [1.54, 1.807) is 31.5 Å². The van der Waals surface area contributed by atoms with Gasteiger partial charge in [0.1, 0.15) is 7.14 Å². The van der Waals surface area contributed by atoms with Gasteiger partial charge in [0.15, 0.2) is 11.6 Å². The van der Waals surface area contributed by atoms with Crippen LogP contribution in [-0.2, 0) is 4.57 Å². The highest BCUT2D eigenvalue weighted by molar-refractivity contribution is 7.70. The first-order valence-corrected chi connectivity index (χ1v) is 16.1. The predicted octanol–water partition coefficient (Wildman–Crippen LogP) is 4.15. The lowest BCUT2D eigenvalue weighted by Gasteiger charge is -2.42. The molecule has 208 valence electrons. The van der Waals surface area contributed by atoms with Gasteiger partial charge in [-0.05, 0) is 63.6 Å². The molecule has 0 amide bonds. The lowest BCUT2D eigenvalue weighted by Crippen LogP contribution is -2.52. The maximum absolute atomic E-state index is 14.6. The Bertz CT molecular complexity index is 1350. The molecule has 2 aliphatic heterocycles. The minimum Gasteiger partial charge on any atom is -0.397 e. The molecule has 2 fully saturated rings. The van der Waals surface area contributed by atoms with E-state index in [1.807, 2.05) is 24.3 Å². The van der Waals surface area contributed by atoms with Crippen LogP contribution >= 0.6 is 7.14 Å². The molecule has 2 saturated heterocycles. The summed E-state index contributed by atoms with van der Waals surface area (Å²) in [6.45, 7) is 9.91. The van der Waals surface area contributed by atoms with Crippen LogP contribution in [0.2, 0.25) is 0 Å². The first kappa shape index (κ1) is 27.4. The fraction of sp³-hybridized carbons (Fsp3) is 0.429. The van der Waals surface area contributed by atoms with Crippen LogP contribution in [0.5, 0.6) is 0 Å². The van der Waals surface area contributed by atoms with Crippen molar-refractivity contribution in [3.05, 3.63) is 54.5 Å². The van der Waals surface area contributed by atoms with Crippen LogP contribution in [0.1, 0.15) is 12.8 Å². The highest BCUT2D eigenvalue weighted by Gasteiger charge is 2.27. The van der Waals surface area contributed by atoms with Crippen LogP contribution in [0, 0.1) is 5.82 Å². The molecule has 9 nitrogen and oxygen atoms in total. The zero-order valence-corrected chi connectivity index (χ0v) is 23.8. The van der Waals surface area contributed by atoms with Crippen molar-refractivity contribution < 1.29 is 8.96 Å². The standard InChI is InChI=1S/C28H38FN8OP/c1-35-14-16-36(17-15-35)21-10-12-37(13-11-21)25-9-8-20(18-23(25)30)32-28-31-19-22(29)27(34-28)33-24-6-4-5-7-26(24)39(2,3)38/h4-9,18-19,21H,10-17,30H2,1-3H3,(H2,31,32,33,34). The summed E-state index contributed by atoms with van der Waals surface area (Å²) in [5, 5.41) is 6.76. The number of likely N-dealkylation sites (N-methyl/N-ethyl adjacent to an activating group) is 1. The summed E-state index contributed by atoms with van der Waals surface area (Å²) in [6, 6.07) is 13.6. The van der Waals surface area contributed by atoms with Crippen molar-refractivity contribution in [2.24, 2.45) is 0 Å². The van der Waals surface area contributed by atoms with E-state index >= 15 is 0 Å². The summed E-state index contributed by atoms with van der Waals surface area (Å²) < 4.78 is 27.3. The molecule has 11 heteroatoms. The third-order valence-electron chi connectivity index (χ3n) is 7.62. The molecule has 4 N–H and O–H groups in total. The first-order chi connectivity index (χ1) is 18.7. The number of halogens is 1. The molecule has 0 aliphatic carbocycles. The summed E-state index contributed by atoms with van der Waals surface area (Å²) >= 11 is 0. The van der Waals surface area contributed by atoms with Crippen molar-refractivity contribution in [1.29, 1.82) is 0 Å². The van der Waals surface area contributed by atoms with Crippen LogP contribution in [-0.4, -0.2) is 85.5 Å². The topological polar surface area (TPSA) is 103 Å². The van der Waals surface area contributed by atoms with Gasteiger partial charge in [-0.3, -0.25) is 4.90 Å². The SMILES string of the molecule is CN1CCN(C2CCN(c3ccc(Nc4ncc(F)c(Nc5ccccc5P(C)(C)=O)n4)cc3N)CC2)CC1. The number of nitrogens with two attached hydrogens (primary N) is 1. The number of benzene rings is 2. The van der Waals surface area contributed by atoms with Crippen molar-refractivity contribution in [3.63, 3.8) is 0 Å². The second-order valence-electron chi connectivity index (χ2n) is 10.8. The molecule has 3 aromatic rings. The third kappa shape index (κ3) is 6.52. The molecule has 5 rings (SSSR count). The molecular formula is C28H38FN8OP. The van der Waals surface area contributed by atoms with Gasteiger partial charge >= 0.3 is 0 Å². The Morgan fingerprint density at radius 2 is 1.72 bits per heavy atom. The van der Waals surface area contributed by atoms with Crippen LogP contribution < -0.4 is 26.6 Å². The van der Waals surface area contributed by atoms with E-state index in [0.717, 1.165) is 64.0 Å². The number of para-hydroxylation sites is 1. The van der Waals surface area contributed by atoms with Crippen LogP contribution in [0.3, 0.4) is 0 Å². The van der Waals surface area contributed by atoms with E-state index in [9.17, 15) is 8.96 Å². The zero-order chi connectivity index (χ0) is 27.6. The molecule has 0 atom stereocenters. The number of rotatable bonds is 7. The quantitative estimate of drug-likeness (QED) is 0.295. The molecule has 0 radical (unpaired) electrons. The summed E-state index contributed by atoms with van der Waals surface area (Å²) in [4.78, 5) is 15.8. The van der Waals surface area contributed by atoms with Crippen molar-refractivity contribution in [2.45, 2.75) is 18.9 Å². The molecule has 2 aromatic carbocycles. The Morgan fingerprint density at radius 1 is 1.00 bits per heavy atom. The van der Waals surface area contributed by atoms with E-state index in [1.165, 1.54) is 0 Å². The van der Waals surface area contributed by atoms with E-state index < -0.39 is 13.0 Å². The predicted molar refractivity (Wildman–Crippen MR) is 159 cm³/mol. The molecule has 0 spiro atoms. The maximum Gasteiger partial charge on any atom is 0.229 e. The molecule has 39 heavy (non-hydrogen) atoms. The van der Waals surface area contributed by atoms with Crippen LogP contribution in [0.4, 0.5) is 38.9 Å². The number of nitrogen functional groups attached to an aromatic ring is 1. The lowest BCUT2D eigenvalue weighted by molar-refractivity contribution is 0.0982. The van der Waals surface area contributed by atoms with Crippen molar-refractivity contribution >= 4 is 47.0 Å². The number of nitrogens with zero attached hydrogens (tertiary/aromatic N) is 5. The minimum absolute atomic E-state index is 0.00112. The van der Waals surface area contributed by atoms with Gasteiger partial charge < -0.3 is 30.7 Å². The second-order valence-corrected chi connectivity index (χ2v) is 14.0. The molecule has 0 saturated carbocycles. The summed E-state index contributed by atoms with van der Waals surface area (Å²) in [7, 11) is -0.384. The van der Waals surface area contributed by atoms with Crippen LogP contribution in [0.25, 0.3) is 0 Å². The first-order valence-electron chi connectivity index (χ1n) is 13.5. The highest BCUT2D eigenvalue weighted by Crippen LogP contribution is 2.38. The summed E-state index contributed by atoms with van der Waals surface area (Å²) in [6.07, 6.45) is 3.38. The van der Waals surface area contributed by atoms with Gasteiger partial charge in [0.05, 0.1) is 23.3 Å². The number of nitrogens with one attached hydrogen (secondary N) is 2. The number of anilines is 6. The van der Waals surface area contributed by atoms with Crippen molar-refractivity contribution in [3.8, 4) is 0 Å². The average Bonchev–Trinajstić information content (AvgIpc) is 2.91. The average molecular weight is 553 g/mol. The highest BCUT2D eigenvalue weighted by atomic mass is 31.2. The number of aromatic nitrogens is 2. The van der Waals surface area contributed by atoms with Crippen molar-refractivity contribution in [1.82, 2.24) is 19.8 Å². The monoisotopic (exact) mass is 552 g/mol. The number of hydrogen-bond donors (Lipinski definition) is 3. The van der Waals surface area contributed by atoms with Gasteiger partial charge in [-0.15, -0.1) is 0 Å². The zero-order valence-electron chi connectivity index (χ0n) is 22.9. The van der Waals surface area contributed by atoms with E-state index in [-0.39, 0.29) is 11.8 Å². The summed E-state index contributed by atoms with van der Waals surface area (Å²) in [5.41, 5.74) is 9.45. The molecule has 0 bridgehead atoms. The van der Waals surface area contributed by atoms with Gasteiger partial charge in [0.2, 0.25) is 5.95 Å². The molecule has 0 unspecified atom stereocenters. The lowest BCUT2D eigenvalue weighted by atomic mass is 10.0. The number of hydrogen-bond acceptors (Lipinski definition) is 9. The Hall–Kier alpha value is -3.20.